The van der Waals surface area contributed by atoms with Crippen LogP contribution in [0, 0.1) is 0 Å². The quantitative estimate of drug-likeness (QED) is 0.434. The number of carbonyl (C=O) groups excluding carboxylic acids is 1. The molecule has 4 aromatic rings. The van der Waals surface area contributed by atoms with Crippen molar-refractivity contribution in [2.24, 2.45) is 0 Å². The highest BCUT2D eigenvalue weighted by Gasteiger charge is 2.13. The summed E-state index contributed by atoms with van der Waals surface area (Å²) in [6.45, 7) is 2.04. The van der Waals surface area contributed by atoms with Crippen molar-refractivity contribution in [2.45, 2.75) is 38.6 Å². The first kappa shape index (κ1) is 19.9. The topological polar surface area (TPSA) is 55.1 Å². The van der Waals surface area contributed by atoms with Gasteiger partial charge in [0.15, 0.2) is 11.5 Å². The van der Waals surface area contributed by atoms with Crippen molar-refractivity contribution in [1.29, 1.82) is 0 Å². The molecule has 1 atom stereocenters. The lowest BCUT2D eigenvalue weighted by molar-refractivity contribution is 0.0938. The van der Waals surface area contributed by atoms with Crippen LogP contribution in [-0.2, 0) is 19.3 Å². The van der Waals surface area contributed by atoms with Crippen LogP contribution >= 0.6 is 0 Å². The second-order valence-corrected chi connectivity index (χ2v) is 7.67. The molecule has 1 heterocycles. The predicted octanol–water partition coefficient (Wildman–Crippen LogP) is 5.36. The number of oxazole rings is 1. The number of hydrogen-bond acceptors (Lipinski definition) is 3. The van der Waals surface area contributed by atoms with Gasteiger partial charge in [-0.2, -0.15) is 0 Å². The van der Waals surface area contributed by atoms with Gasteiger partial charge in [0.1, 0.15) is 5.52 Å². The average molecular weight is 399 g/mol. The molecule has 0 radical (unpaired) electrons. The molecule has 0 aliphatic carbocycles. The molecule has 30 heavy (non-hydrogen) atoms. The van der Waals surface area contributed by atoms with Crippen LogP contribution in [0.5, 0.6) is 0 Å². The maximum absolute atomic E-state index is 12.7. The number of fused-ring (bicyclic) bond motifs is 1. The zero-order chi connectivity index (χ0) is 20.8. The smallest absolute Gasteiger partial charge is 0.251 e. The van der Waals surface area contributed by atoms with E-state index >= 15 is 0 Å². The fraction of sp³-hybridized carbons (Fsp3) is 0.231. The molecule has 3 aromatic carbocycles. The number of nitrogens with one attached hydrogen (secondary N) is 1. The summed E-state index contributed by atoms with van der Waals surface area (Å²) in [7, 11) is 0. The van der Waals surface area contributed by atoms with Gasteiger partial charge in [0, 0.05) is 18.0 Å². The summed E-state index contributed by atoms with van der Waals surface area (Å²) < 4.78 is 5.90. The molecule has 0 saturated carbocycles. The molecule has 4 rings (SSSR count). The van der Waals surface area contributed by atoms with Crippen LogP contribution in [0.15, 0.2) is 83.3 Å². The third-order valence-corrected chi connectivity index (χ3v) is 5.25. The van der Waals surface area contributed by atoms with Crippen LogP contribution in [0.2, 0.25) is 0 Å². The van der Waals surface area contributed by atoms with Gasteiger partial charge in [-0.25, -0.2) is 4.98 Å². The zero-order valence-corrected chi connectivity index (χ0v) is 17.2. The molecule has 1 amide bonds. The summed E-state index contributed by atoms with van der Waals surface area (Å²) in [6.07, 6.45) is 3.44. The molecule has 0 bridgehead atoms. The molecule has 0 spiro atoms. The number of carbonyl (C=O) groups is 1. The maximum Gasteiger partial charge on any atom is 0.251 e. The highest BCUT2D eigenvalue weighted by atomic mass is 16.3. The molecule has 0 saturated heterocycles. The first-order chi connectivity index (χ1) is 14.7. The molecule has 1 aromatic heterocycles. The van der Waals surface area contributed by atoms with E-state index in [1.807, 2.05) is 55.5 Å². The van der Waals surface area contributed by atoms with Crippen molar-refractivity contribution in [3.8, 4) is 0 Å². The van der Waals surface area contributed by atoms with Gasteiger partial charge in [-0.1, -0.05) is 60.7 Å². The van der Waals surface area contributed by atoms with E-state index in [9.17, 15) is 4.79 Å². The van der Waals surface area contributed by atoms with Gasteiger partial charge < -0.3 is 9.73 Å². The third kappa shape index (κ3) is 5.15. The molecule has 0 aliphatic rings. The Kier molecular flexibility index (Phi) is 6.23. The summed E-state index contributed by atoms with van der Waals surface area (Å²) in [5.41, 5.74) is 4.57. The van der Waals surface area contributed by atoms with Crippen LogP contribution in [0.3, 0.4) is 0 Å². The minimum atomic E-state index is -0.0836. The van der Waals surface area contributed by atoms with Crippen molar-refractivity contribution in [1.82, 2.24) is 10.3 Å². The number of aryl methyl sites for hydroxylation is 3. The van der Waals surface area contributed by atoms with Crippen molar-refractivity contribution < 1.29 is 9.21 Å². The lowest BCUT2D eigenvalue weighted by atomic mass is 10.1. The van der Waals surface area contributed by atoms with E-state index in [1.165, 1.54) is 11.1 Å². The normalized spacial score (nSPS) is 12.0. The van der Waals surface area contributed by atoms with E-state index < -0.39 is 0 Å². The van der Waals surface area contributed by atoms with E-state index in [0.29, 0.717) is 17.0 Å². The Morgan fingerprint density at radius 1 is 0.900 bits per heavy atom. The number of nitrogens with zero attached hydrogens (tertiary/aromatic N) is 1. The second-order valence-electron chi connectivity index (χ2n) is 7.67. The van der Waals surface area contributed by atoms with Gasteiger partial charge in [-0.15, -0.1) is 0 Å². The second kappa shape index (κ2) is 9.40. The molecular formula is C26H26N2O2. The van der Waals surface area contributed by atoms with Gasteiger partial charge in [0.2, 0.25) is 0 Å². The lowest BCUT2D eigenvalue weighted by Crippen LogP contribution is -2.32. The van der Waals surface area contributed by atoms with Crippen molar-refractivity contribution >= 4 is 17.0 Å². The highest BCUT2D eigenvalue weighted by Crippen LogP contribution is 2.19. The Bertz CT molecular complexity index is 1100. The SMILES string of the molecule is CC(CCc1ccccc1)NC(=O)c1ccc2nc(CCc3ccccc3)oc2c1. The van der Waals surface area contributed by atoms with Crippen LogP contribution < -0.4 is 5.32 Å². The highest BCUT2D eigenvalue weighted by molar-refractivity contribution is 5.97. The summed E-state index contributed by atoms with van der Waals surface area (Å²) >= 11 is 0. The van der Waals surface area contributed by atoms with E-state index in [1.54, 1.807) is 6.07 Å². The molecule has 1 N–H and O–H groups in total. The minimum Gasteiger partial charge on any atom is -0.441 e. The van der Waals surface area contributed by atoms with Crippen LogP contribution in [0.25, 0.3) is 11.1 Å². The molecule has 4 nitrogen and oxygen atoms in total. The van der Waals surface area contributed by atoms with Crippen molar-refractivity contribution in [3.05, 3.63) is 101 Å². The monoisotopic (exact) mass is 398 g/mol. The summed E-state index contributed by atoms with van der Waals surface area (Å²) in [5, 5.41) is 3.08. The molecule has 4 heteroatoms. The van der Waals surface area contributed by atoms with Gasteiger partial charge in [0.05, 0.1) is 0 Å². The lowest BCUT2D eigenvalue weighted by Gasteiger charge is -2.14. The molecule has 1 unspecified atom stereocenters. The largest absolute Gasteiger partial charge is 0.441 e. The molecule has 152 valence electrons. The fourth-order valence-electron chi connectivity index (χ4n) is 3.52. The van der Waals surface area contributed by atoms with Crippen molar-refractivity contribution in [2.75, 3.05) is 0 Å². The van der Waals surface area contributed by atoms with E-state index in [0.717, 1.165) is 31.2 Å². The summed E-state index contributed by atoms with van der Waals surface area (Å²) in [4.78, 5) is 17.2. The third-order valence-electron chi connectivity index (χ3n) is 5.25. The van der Waals surface area contributed by atoms with E-state index in [-0.39, 0.29) is 11.9 Å². The Labute approximate surface area is 177 Å². The number of benzene rings is 3. The van der Waals surface area contributed by atoms with Crippen LogP contribution in [0.1, 0.15) is 40.7 Å². The molecule has 0 aliphatic heterocycles. The summed E-state index contributed by atoms with van der Waals surface area (Å²) in [5.74, 6) is 0.613. The van der Waals surface area contributed by atoms with E-state index in [4.69, 9.17) is 4.42 Å². The van der Waals surface area contributed by atoms with Gasteiger partial charge in [0.25, 0.3) is 5.91 Å². The number of amides is 1. The molecule has 0 fully saturated rings. The Morgan fingerprint density at radius 3 is 2.27 bits per heavy atom. The van der Waals surface area contributed by atoms with Crippen LogP contribution in [0.4, 0.5) is 0 Å². The fourth-order valence-corrected chi connectivity index (χ4v) is 3.52. The maximum atomic E-state index is 12.7. The van der Waals surface area contributed by atoms with Crippen molar-refractivity contribution in [3.63, 3.8) is 0 Å². The average Bonchev–Trinajstić information content (AvgIpc) is 3.20. The van der Waals surface area contributed by atoms with E-state index in [2.05, 4.69) is 34.6 Å². The number of hydrogen-bond donors (Lipinski definition) is 1. The standard InChI is InChI=1S/C26H26N2O2/c1-19(12-13-20-8-4-2-5-9-20)27-26(29)22-15-16-23-24(18-22)30-25(28-23)17-14-21-10-6-3-7-11-21/h2-11,15-16,18-19H,12-14,17H2,1H3,(H,27,29). The number of rotatable bonds is 8. The first-order valence-corrected chi connectivity index (χ1v) is 10.5. The predicted molar refractivity (Wildman–Crippen MR) is 120 cm³/mol. The van der Waals surface area contributed by atoms with Gasteiger partial charge in [-0.05, 0) is 55.5 Å². The Morgan fingerprint density at radius 2 is 1.57 bits per heavy atom. The number of aromatic nitrogens is 1. The molecular weight excluding hydrogens is 372 g/mol. The Hall–Kier alpha value is -3.40. The van der Waals surface area contributed by atoms with Crippen LogP contribution in [-0.4, -0.2) is 16.9 Å². The minimum absolute atomic E-state index is 0.0836. The summed E-state index contributed by atoms with van der Waals surface area (Å²) in [6, 6.07) is 26.1. The zero-order valence-electron chi connectivity index (χ0n) is 17.2. The first-order valence-electron chi connectivity index (χ1n) is 10.5. The Balaban J connectivity index is 1.35. The van der Waals surface area contributed by atoms with Gasteiger partial charge in [-0.3, -0.25) is 4.79 Å². The van der Waals surface area contributed by atoms with Gasteiger partial charge >= 0.3 is 0 Å².